The first-order valence-electron chi connectivity index (χ1n) is 11.2. The molecular formula is C28H25ClN2O5. The zero-order chi connectivity index (χ0) is 26.0. The molecule has 1 heterocycles. The molecule has 0 saturated carbocycles. The number of nitrogens with one attached hydrogen (secondary N) is 1. The van der Waals surface area contributed by atoms with Gasteiger partial charge in [0, 0.05) is 29.1 Å². The van der Waals surface area contributed by atoms with E-state index in [0.717, 1.165) is 16.7 Å². The maximum atomic E-state index is 13.3. The van der Waals surface area contributed by atoms with Gasteiger partial charge in [0.2, 0.25) is 0 Å². The molecule has 8 heteroatoms. The van der Waals surface area contributed by atoms with Gasteiger partial charge in [-0.2, -0.15) is 0 Å². The number of rotatable bonds is 6. The molecule has 0 unspecified atom stereocenters. The number of aryl methyl sites for hydroxylation is 2. The maximum Gasteiger partial charge on any atom is 0.356 e. The van der Waals surface area contributed by atoms with Gasteiger partial charge in [0.05, 0.1) is 12.8 Å². The smallest absolute Gasteiger partial charge is 0.356 e. The number of carbonyl (C=O) groups excluding carboxylic acids is 2. The van der Waals surface area contributed by atoms with Crippen LogP contribution in [0.3, 0.4) is 0 Å². The number of aromatic nitrogens is 1. The lowest BCUT2D eigenvalue weighted by molar-refractivity contribution is -0.119. The Kier molecular flexibility index (Phi) is 7.12. The standard InChI is InChI=1S/C28H25ClN2O5/c1-16-9-11-18(12-10-16)25-19-7-5-6-8-20(19)27(33)31(3)26(25)28(34)36-15-24(32)30-22-13-17(2)21(29)14-23(22)35-4/h5-14H,15H2,1-4H3,(H,30,32). The Morgan fingerprint density at radius 3 is 2.33 bits per heavy atom. The monoisotopic (exact) mass is 504 g/mol. The van der Waals surface area contributed by atoms with Crippen LogP contribution in [0.4, 0.5) is 5.69 Å². The minimum atomic E-state index is -0.787. The van der Waals surface area contributed by atoms with E-state index in [4.69, 9.17) is 21.1 Å². The Morgan fingerprint density at radius 1 is 1.00 bits per heavy atom. The highest BCUT2D eigenvalue weighted by Gasteiger charge is 2.24. The number of anilines is 1. The molecule has 1 amide bonds. The minimum absolute atomic E-state index is 0.0651. The average molecular weight is 505 g/mol. The summed E-state index contributed by atoms with van der Waals surface area (Å²) in [5, 5.41) is 4.28. The van der Waals surface area contributed by atoms with Crippen LogP contribution in [0, 0.1) is 13.8 Å². The number of pyridine rings is 1. The van der Waals surface area contributed by atoms with Crippen molar-refractivity contribution < 1.29 is 19.1 Å². The van der Waals surface area contributed by atoms with Gasteiger partial charge in [0.25, 0.3) is 11.5 Å². The van der Waals surface area contributed by atoms with Crippen molar-refractivity contribution in [3.63, 3.8) is 0 Å². The second-order valence-corrected chi connectivity index (χ2v) is 8.83. The van der Waals surface area contributed by atoms with Crippen LogP contribution in [0.5, 0.6) is 5.75 Å². The van der Waals surface area contributed by atoms with Crippen molar-refractivity contribution in [3.8, 4) is 16.9 Å². The van der Waals surface area contributed by atoms with E-state index in [2.05, 4.69) is 5.32 Å². The summed E-state index contributed by atoms with van der Waals surface area (Å²) in [6, 6.07) is 18.0. The van der Waals surface area contributed by atoms with Crippen LogP contribution in [-0.2, 0) is 16.6 Å². The molecule has 7 nitrogen and oxygen atoms in total. The van der Waals surface area contributed by atoms with Gasteiger partial charge >= 0.3 is 5.97 Å². The highest BCUT2D eigenvalue weighted by Crippen LogP contribution is 2.32. The molecule has 3 aromatic carbocycles. The topological polar surface area (TPSA) is 86.6 Å². The first-order chi connectivity index (χ1) is 17.2. The number of benzene rings is 3. The number of carbonyl (C=O) groups is 2. The van der Waals surface area contributed by atoms with Crippen molar-refractivity contribution in [2.45, 2.75) is 13.8 Å². The Labute approximate surface area is 213 Å². The predicted molar refractivity (Wildman–Crippen MR) is 141 cm³/mol. The Hall–Kier alpha value is -4.10. The third-order valence-electron chi connectivity index (χ3n) is 5.93. The lowest BCUT2D eigenvalue weighted by Crippen LogP contribution is -2.28. The molecule has 184 valence electrons. The molecule has 1 N–H and O–H groups in total. The number of methoxy groups -OCH3 is 1. The van der Waals surface area contributed by atoms with Crippen molar-refractivity contribution in [2.24, 2.45) is 7.05 Å². The molecule has 0 aliphatic rings. The van der Waals surface area contributed by atoms with Gasteiger partial charge in [-0.1, -0.05) is 59.6 Å². The summed E-state index contributed by atoms with van der Waals surface area (Å²) >= 11 is 6.12. The summed E-state index contributed by atoms with van der Waals surface area (Å²) in [6.45, 7) is 3.20. The zero-order valence-corrected chi connectivity index (χ0v) is 21.1. The molecule has 0 radical (unpaired) electrons. The van der Waals surface area contributed by atoms with Crippen molar-refractivity contribution in [2.75, 3.05) is 19.0 Å². The van der Waals surface area contributed by atoms with E-state index in [9.17, 15) is 14.4 Å². The zero-order valence-electron chi connectivity index (χ0n) is 20.3. The Bertz CT molecular complexity index is 1540. The van der Waals surface area contributed by atoms with Crippen LogP contribution in [-0.4, -0.2) is 30.2 Å². The number of halogens is 1. The molecule has 36 heavy (non-hydrogen) atoms. The normalized spacial score (nSPS) is 10.8. The van der Waals surface area contributed by atoms with Gasteiger partial charge in [-0.3, -0.25) is 9.59 Å². The number of esters is 1. The molecular weight excluding hydrogens is 480 g/mol. The van der Waals surface area contributed by atoms with E-state index in [1.807, 2.05) is 37.3 Å². The predicted octanol–water partition coefficient (Wildman–Crippen LogP) is 5.28. The fourth-order valence-electron chi connectivity index (χ4n) is 4.03. The average Bonchev–Trinajstić information content (AvgIpc) is 2.87. The number of amides is 1. The first-order valence-corrected chi connectivity index (χ1v) is 11.6. The maximum absolute atomic E-state index is 13.3. The number of hydrogen-bond acceptors (Lipinski definition) is 5. The third-order valence-corrected chi connectivity index (χ3v) is 6.33. The Morgan fingerprint density at radius 2 is 1.67 bits per heavy atom. The van der Waals surface area contributed by atoms with Crippen molar-refractivity contribution in [1.29, 1.82) is 0 Å². The van der Waals surface area contributed by atoms with Gasteiger partial charge in [0.1, 0.15) is 11.4 Å². The first kappa shape index (κ1) is 25.0. The molecule has 0 fully saturated rings. The quantitative estimate of drug-likeness (QED) is 0.361. The van der Waals surface area contributed by atoms with Gasteiger partial charge < -0.3 is 19.4 Å². The van der Waals surface area contributed by atoms with E-state index in [1.54, 1.807) is 37.3 Å². The number of hydrogen-bond donors (Lipinski definition) is 1. The van der Waals surface area contributed by atoms with Crippen LogP contribution in [0.2, 0.25) is 5.02 Å². The molecule has 4 rings (SSSR count). The molecule has 1 aromatic heterocycles. The SMILES string of the molecule is COc1cc(Cl)c(C)cc1NC(=O)COC(=O)c1c(-c2ccc(C)cc2)c2ccccc2c(=O)n1C. The lowest BCUT2D eigenvalue weighted by Gasteiger charge is -2.17. The van der Waals surface area contributed by atoms with Crippen molar-refractivity contribution in [1.82, 2.24) is 4.57 Å². The molecule has 0 spiro atoms. The van der Waals surface area contributed by atoms with Gasteiger partial charge in [-0.25, -0.2) is 4.79 Å². The summed E-state index contributed by atoms with van der Waals surface area (Å²) in [4.78, 5) is 39.0. The van der Waals surface area contributed by atoms with E-state index >= 15 is 0 Å². The number of fused-ring (bicyclic) bond motifs is 1. The number of nitrogens with zero attached hydrogens (tertiary/aromatic N) is 1. The molecule has 0 atom stereocenters. The van der Waals surface area contributed by atoms with Gasteiger partial charge in [0.15, 0.2) is 6.61 Å². The fraction of sp³-hybridized carbons (Fsp3) is 0.179. The molecule has 0 aliphatic carbocycles. The van der Waals surface area contributed by atoms with Crippen LogP contribution >= 0.6 is 11.6 Å². The summed E-state index contributed by atoms with van der Waals surface area (Å²) in [5.41, 5.74) is 3.26. The van der Waals surface area contributed by atoms with E-state index in [0.29, 0.717) is 32.8 Å². The van der Waals surface area contributed by atoms with E-state index < -0.39 is 18.5 Å². The second-order valence-electron chi connectivity index (χ2n) is 8.43. The highest BCUT2D eigenvalue weighted by molar-refractivity contribution is 6.31. The van der Waals surface area contributed by atoms with Gasteiger partial charge in [-0.05, 0) is 42.5 Å². The highest BCUT2D eigenvalue weighted by atomic mass is 35.5. The summed E-state index contributed by atoms with van der Waals surface area (Å²) in [7, 11) is 2.98. The molecule has 0 aliphatic heterocycles. The summed E-state index contributed by atoms with van der Waals surface area (Å²) in [5.74, 6) is -0.972. The third kappa shape index (κ3) is 4.83. The second kappa shape index (κ2) is 10.3. The number of ether oxygens (including phenoxy) is 2. The van der Waals surface area contributed by atoms with Crippen LogP contribution in [0.1, 0.15) is 21.6 Å². The Balaban J connectivity index is 1.67. The van der Waals surface area contributed by atoms with Crippen LogP contribution in [0.15, 0.2) is 65.5 Å². The summed E-state index contributed by atoms with van der Waals surface area (Å²) in [6.07, 6.45) is 0. The van der Waals surface area contributed by atoms with Gasteiger partial charge in [-0.15, -0.1) is 0 Å². The van der Waals surface area contributed by atoms with E-state index in [-0.39, 0.29) is 11.3 Å². The lowest BCUT2D eigenvalue weighted by atomic mass is 9.96. The minimum Gasteiger partial charge on any atom is -0.495 e. The van der Waals surface area contributed by atoms with Crippen molar-refractivity contribution >= 4 is 39.9 Å². The summed E-state index contributed by atoms with van der Waals surface area (Å²) < 4.78 is 11.9. The van der Waals surface area contributed by atoms with Crippen LogP contribution < -0.4 is 15.6 Å². The largest absolute Gasteiger partial charge is 0.495 e. The molecule has 0 saturated heterocycles. The molecule has 4 aromatic rings. The molecule has 0 bridgehead atoms. The van der Waals surface area contributed by atoms with E-state index in [1.165, 1.54) is 18.7 Å². The fourth-order valence-corrected chi connectivity index (χ4v) is 4.19. The van der Waals surface area contributed by atoms with Crippen LogP contribution in [0.25, 0.3) is 21.9 Å². The van der Waals surface area contributed by atoms with Crippen molar-refractivity contribution in [3.05, 3.63) is 92.9 Å².